The molecule has 0 amide bonds. The quantitative estimate of drug-likeness (QED) is 0.828. The molecule has 5 heteroatoms. The molecule has 3 nitrogen and oxygen atoms in total. The third kappa shape index (κ3) is 2.55. The van der Waals surface area contributed by atoms with Crippen molar-refractivity contribution in [2.24, 2.45) is 0 Å². The van der Waals surface area contributed by atoms with Crippen molar-refractivity contribution >= 4 is 5.97 Å². The second-order valence-electron chi connectivity index (χ2n) is 3.78. The van der Waals surface area contributed by atoms with Gasteiger partial charge in [-0.3, -0.25) is 4.79 Å². The molecule has 1 unspecified atom stereocenters. The highest BCUT2D eigenvalue weighted by Gasteiger charge is 2.30. The standard InChI is InChI=1S/C11H13F2NO2/c1-11(14-2,6-10(15)16)8-4-3-7(12)5-9(8)13/h3-5,14H,6H2,1-2H3,(H,15,16). The zero-order valence-corrected chi connectivity index (χ0v) is 9.05. The summed E-state index contributed by atoms with van der Waals surface area (Å²) in [5, 5.41) is 11.5. The van der Waals surface area contributed by atoms with Gasteiger partial charge in [0.05, 0.1) is 12.0 Å². The van der Waals surface area contributed by atoms with E-state index in [-0.39, 0.29) is 12.0 Å². The van der Waals surface area contributed by atoms with Gasteiger partial charge in [0.15, 0.2) is 0 Å². The molecule has 1 atom stereocenters. The zero-order valence-electron chi connectivity index (χ0n) is 9.05. The first-order valence-corrected chi connectivity index (χ1v) is 4.75. The topological polar surface area (TPSA) is 49.3 Å². The van der Waals surface area contributed by atoms with Crippen molar-refractivity contribution in [2.45, 2.75) is 18.9 Å². The number of carboxylic acids is 1. The third-order valence-electron chi connectivity index (χ3n) is 2.58. The van der Waals surface area contributed by atoms with Crippen LogP contribution in [0.15, 0.2) is 18.2 Å². The van der Waals surface area contributed by atoms with Gasteiger partial charge in [-0.1, -0.05) is 6.07 Å². The summed E-state index contributed by atoms with van der Waals surface area (Å²) in [5.74, 6) is -2.49. The lowest BCUT2D eigenvalue weighted by atomic mass is 9.88. The second-order valence-corrected chi connectivity index (χ2v) is 3.78. The van der Waals surface area contributed by atoms with Gasteiger partial charge in [-0.05, 0) is 20.0 Å². The summed E-state index contributed by atoms with van der Waals surface area (Å²) in [5.41, 5.74) is -0.914. The Hall–Kier alpha value is -1.49. The number of carboxylic acid groups (broad SMARTS) is 1. The smallest absolute Gasteiger partial charge is 0.305 e. The first-order chi connectivity index (χ1) is 7.39. The van der Waals surface area contributed by atoms with Crippen LogP contribution in [-0.4, -0.2) is 18.1 Å². The summed E-state index contributed by atoms with van der Waals surface area (Å²) in [4.78, 5) is 10.7. The minimum Gasteiger partial charge on any atom is -0.481 e. The number of hydrogen-bond donors (Lipinski definition) is 2. The van der Waals surface area contributed by atoms with Gasteiger partial charge < -0.3 is 10.4 Å². The lowest BCUT2D eigenvalue weighted by Crippen LogP contribution is -2.39. The molecule has 0 bridgehead atoms. The van der Waals surface area contributed by atoms with Gasteiger partial charge >= 0.3 is 5.97 Å². The molecule has 0 spiro atoms. The lowest BCUT2D eigenvalue weighted by molar-refractivity contribution is -0.138. The van der Waals surface area contributed by atoms with Crippen LogP contribution in [0.25, 0.3) is 0 Å². The fourth-order valence-corrected chi connectivity index (χ4v) is 1.56. The van der Waals surface area contributed by atoms with Crippen LogP contribution in [-0.2, 0) is 10.3 Å². The van der Waals surface area contributed by atoms with E-state index in [2.05, 4.69) is 5.32 Å². The van der Waals surface area contributed by atoms with Gasteiger partial charge in [0.2, 0.25) is 0 Å². The monoisotopic (exact) mass is 229 g/mol. The van der Waals surface area contributed by atoms with Crippen molar-refractivity contribution in [1.29, 1.82) is 0 Å². The highest BCUT2D eigenvalue weighted by atomic mass is 19.1. The lowest BCUT2D eigenvalue weighted by Gasteiger charge is -2.28. The molecule has 0 aliphatic carbocycles. The maximum Gasteiger partial charge on any atom is 0.305 e. The second kappa shape index (κ2) is 4.57. The minimum absolute atomic E-state index is 0.138. The fraction of sp³-hybridized carbons (Fsp3) is 0.364. The van der Waals surface area contributed by atoms with Gasteiger partial charge in [-0.2, -0.15) is 0 Å². The van der Waals surface area contributed by atoms with Gasteiger partial charge in [0.1, 0.15) is 11.6 Å². The maximum atomic E-state index is 13.5. The van der Waals surface area contributed by atoms with Crippen molar-refractivity contribution in [3.05, 3.63) is 35.4 Å². The predicted molar refractivity (Wildman–Crippen MR) is 55.0 cm³/mol. The summed E-state index contributed by atoms with van der Waals surface area (Å²) in [7, 11) is 1.53. The van der Waals surface area contributed by atoms with Gasteiger partial charge in [-0.25, -0.2) is 8.78 Å². The van der Waals surface area contributed by atoms with Crippen molar-refractivity contribution in [3.8, 4) is 0 Å². The number of benzene rings is 1. The van der Waals surface area contributed by atoms with E-state index in [1.807, 2.05) is 0 Å². The van der Waals surface area contributed by atoms with E-state index < -0.39 is 23.1 Å². The SMILES string of the molecule is CNC(C)(CC(=O)O)c1ccc(F)cc1F. The molecule has 1 rings (SSSR count). The molecule has 2 N–H and O–H groups in total. The van der Waals surface area contributed by atoms with Crippen LogP contribution in [0.5, 0.6) is 0 Å². The summed E-state index contributed by atoms with van der Waals surface area (Å²) in [6.45, 7) is 1.55. The molecule has 1 aromatic carbocycles. The van der Waals surface area contributed by atoms with Gasteiger partial charge in [-0.15, -0.1) is 0 Å². The molecule has 0 fully saturated rings. The Labute approximate surface area is 92.1 Å². The number of nitrogens with one attached hydrogen (secondary N) is 1. The number of halogens is 2. The van der Waals surface area contributed by atoms with Crippen molar-refractivity contribution in [1.82, 2.24) is 5.32 Å². The molecule has 0 saturated carbocycles. The molecule has 0 radical (unpaired) electrons. The Morgan fingerprint density at radius 1 is 1.50 bits per heavy atom. The Morgan fingerprint density at radius 2 is 2.12 bits per heavy atom. The van der Waals surface area contributed by atoms with Gasteiger partial charge in [0, 0.05) is 11.6 Å². The molecule has 0 heterocycles. The molecule has 0 aliphatic heterocycles. The molecule has 0 aromatic heterocycles. The number of rotatable bonds is 4. The molecule has 0 saturated heterocycles. The van der Waals surface area contributed by atoms with E-state index in [9.17, 15) is 13.6 Å². The highest BCUT2D eigenvalue weighted by molar-refractivity contribution is 5.68. The first kappa shape index (κ1) is 12.6. The van der Waals surface area contributed by atoms with E-state index in [1.165, 1.54) is 13.1 Å². The minimum atomic E-state index is -1.06. The largest absolute Gasteiger partial charge is 0.481 e. The van der Waals surface area contributed by atoms with E-state index in [0.717, 1.165) is 12.1 Å². The Kier molecular flexibility index (Phi) is 3.59. The van der Waals surface area contributed by atoms with Crippen LogP contribution in [0.4, 0.5) is 8.78 Å². The highest BCUT2D eigenvalue weighted by Crippen LogP contribution is 2.27. The number of hydrogen-bond acceptors (Lipinski definition) is 2. The summed E-state index contributed by atoms with van der Waals surface area (Å²) in [6, 6.07) is 3.10. The van der Waals surface area contributed by atoms with Crippen molar-refractivity contribution in [2.75, 3.05) is 7.05 Å². The summed E-state index contributed by atoms with van der Waals surface area (Å²) >= 11 is 0. The van der Waals surface area contributed by atoms with E-state index in [0.29, 0.717) is 0 Å². The van der Waals surface area contributed by atoms with Crippen molar-refractivity contribution < 1.29 is 18.7 Å². The molecule has 88 valence electrons. The normalized spacial score (nSPS) is 14.5. The predicted octanol–water partition coefficient (Wildman–Crippen LogP) is 1.87. The van der Waals surface area contributed by atoms with Crippen LogP contribution in [0.1, 0.15) is 18.9 Å². The zero-order chi connectivity index (χ0) is 12.3. The van der Waals surface area contributed by atoms with Crippen LogP contribution in [0, 0.1) is 11.6 Å². The molecular formula is C11H13F2NO2. The van der Waals surface area contributed by atoms with Crippen LogP contribution >= 0.6 is 0 Å². The van der Waals surface area contributed by atoms with Crippen LogP contribution < -0.4 is 5.32 Å². The molecule has 16 heavy (non-hydrogen) atoms. The van der Waals surface area contributed by atoms with E-state index in [4.69, 9.17) is 5.11 Å². The molecule has 0 aliphatic rings. The van der Waals surface area contributed by atoms with Gasteiger partial charge in [0.25, 0.3) is 0 Å². The van der Waals surface area contributed by atoms with Crippen LogP contribution in [0.3, 0.4) is 0 Å². The Balaban J connectivity index is 3.17. The fourth-order valence-electron chi connectivity index (χ4n) is 1.56. The average Bonchev–Trinajstić information content (AvgIpc) is 2.16. The molecule has 1 aromatic rings. The molecular weight excluding hydrogens is 216 g/mol. The Morgan fingerprint density at radius 3 is 2.56 bits per heavy atom. The maximum absolute atomic E-state index is 13.5. The number of carbonyl (C=O) groups is 1. The van der Waals surface area contributed by atoms with E-state index >= 15 is 0 Å². The van der Waals surface area contributed by atoms with Crippen molar-refractivity contribution in [3.63, 3.8) is 0 Å². The summed E-state index contributed by atoms with van der Waals surface area (Å²) < 4.78 is 26.2. The van der Waals surface area contributed by atoms with Crippen LogP contribution in [0.2, 0.25) is 0 Å². The Bertz CT molecular complexity index is 409. The number of aliphatic carboxylic acids is 1. The third-order valence-corrected chi connectivity index (χ3v) is 2.58. The summed E-state index contributed by atoms with van der Waals surface area (Å²) in [6.07, 6.45) is -0.286. The first-order valence-electron chi connectivity index (χ1n) is 4.75. The average molecular weight is 229 g/mol. The van der Waals surface area contributed by atoms with E-state index in [1.54, 1.807) is 6.92 Å².